The van der Waals surface area contributed by atoms with Gasteiger partial charge in [0.2, 0.25) is 0 Å². The predicted octanol–water partition coefficient (Wildman–Crippen LogP) is 2.13. The van der Waals surface area contributed by atoms with Crippen molar-refractivity contribution >= 4 is 0 Å². The van der Waals surface area contributed by atoms with Gasteiger partial charge in [0.25, 0.3) is 5.92 Å². The van der Waals surface area contributed by atoms with E-state index in [1.807, 2.05) is 6.07 Å². The molecule has 0 fully saturated rings. The van der Waals surface area contributed by atoms with Gasteiger partial charge in [0.15, 0.2) is 11.5 Å². The smallest absolute Gasteiger partial charge is 0.282 e. The van der Waals surface area contributed by atoms with Gasteiger partial charge in [0.05, 0.1) is 19.8 Å². The monoisotopic (exact) mass is 287 g/mol. The van der Waals surface area contributed by atoms with E-state index in [4.69, 9.17) is 14.6 Å². The fourth-order valence-corrected chi connectivity index (χ4v) is 1.93. The molecule has 1 aliphatic rings. The Hall–Kier alpha value is -1.40. The Bertz CT molecular complexity index is 454. The van der Waals surface area contributed by atoms with E-state index in [1.54, 1.807) is 19.1 Å². The summed E-state index contributed by atoms with van der Waals surface area (Å²) in [5.74, 6) is -1.79. The van der Waals surface area contributed by atoms with Gasteiger partial charge in [-0.3, -0.25) is 0 Å². The number of ether oxygens (including phenoxy) is 2. The summed E-state index contributed by atoms with van der Waals surface area (Å²) in [4.78, 5) is 0. The molecule has 2 rings (SSSR count). The number of nitrogens with one attached hydrogen (secondary N) is 1. The first-order valence-corrected chi connectivity index (χ1v) is 6.63. The largest absolute Gasteiger partial charge is 0.490 e. The van der Waals surface area contributed by atoms with Gasteiger partial charge in [0, 0.05) is 12.5 Å². The Labute approximate surface area is 116 Å². The summed E-state index contributed by atoms with van der Waals surface area (Å²) < 4.78 is 37.1. The number of rotatable bonds is 5. The molecule has 2 N–H and O–H groups in total. The Kier molecular flexibility index (Phi) is 4.77. The lowest BCUT2D eigenvalue weighted by Crippen LogP contribution is -2.37. The van der Waals surface area contributed by atoms with Gasteiger partial charge in [-0.2, -0.15) is 0 Å². The summed E-state index contributed by atoms with van der Waals surface area (Å²) in [5, 5.41) is 11.2. The minimum absolute atomic E-state index is 0.274. The molecule has 0 aliphatic carbocycles. The topological polar surface area (TPSA) is 50.7 Å². The average Bonchev–Trinajstić information content (AvgIpc) is 2.69. The lowest BCUT2D eigenvalue weighted by atomic mass is 10.1. The average molecular weight is 287 g/mol. The zero-order chi connectivity index (χ0) is 14.6. The first-order chi connectivity index (χ1) is 9.52. The van der Waals surface area contributed by atoms with Gasteiger partial charge in [-0.1, -0.05) is 6.07 Å². The Balaban J connectivity index is 2.03. The molecule has 1 aliphatic heterocycles. The maximum Gasteiger partial charge on any atom is 0.282 e. The number of hydrogen-bond acceptors (Lipinski definition) is 4. The minimum Gasteiger partial charge on any atom is -0.490 e. The van der Waals surface area contributed by atoms with Crippen LogP contribution in [0, 0.1) is 0 Å². The maximum atomic E-state index is 13.0. The second kappa shape index (κ2) is 6.37. The van der Waals surface area contributed by atoms with Crippen molar-refractivity contribution < 1.29 is 23.4 Å². The molecule has 20 heavy (non-hydrogen) atoms. The van der Waals surface area contributed by atoms with Crippen LogP contribution in [0.2, 0.25) is 0 Å². The zero-order valence-corrected chi connectivity index (χ0v) is 11.4. The van der Waals surface area contributed by atoms with Crippen LogP contribution in [0.5, 0.6) is 11.5 Å². The third-order valence-electron chi connectivity index (χ3n) is 3.17. The van der Waals surface area contributed by atoms with Crippen LogP contribution in [0.1, 0.15) is 24.9 Å². The molecule has 6 heteroatoms. The van der Waals surface area contributed by atoms with E-state index in [1.165, 1.54) is 0 Å². The normalized spacial score (nSPS) is 16.6. The number of halogens is 2. The zero-order valence-electron chi connectivity index (χ0n) is 11.4. The van der Waals surface area contributed by atoms with Crippen molar-refractivity contribution in [1.82, 2.24) is 5.32 Å². The third kappa shape index (κ3) is 3.80. The summed E-state index contributed by atoms with van der Waals surface area (Å²) >= 11 is 0. The van der Waals surface area contributed by atoms with Crippen molar-refractivity contribution in [2.24, 2.45) is 0 Å². The molecule has 1 unspecified atom stereocenters. The Morgan fingerprint density at radius 2 is 2.00 bits per heavy atom. The fourth-order valence-electron chi connectivity index (χ4n) is 1.93. The molecule has 0 radical (unpaired) electrons. The van der Waals surface area contributed by atoms with Crippen molar-refractivity contribution in [2.75, 3.05) is 26.4 Å². The van der Waals surface area contributed by atoms with E-state index in [9.17, 15) is 8.78 Å². The Morgan fingerprint density at radius 1 is 1.30 bits per heavy atom. The second-order valence-electron chi connectivity index (χ2n) is 4.87. The molecule has 0 spiro atoms. The van der Waals surface area contributed by atoms with Crippen LogP contribution in [0.25, 0.3) is 0 Å². The van der Waals surface area contributed by atoms with E-state index in [-0.39, 0.29) is 6.04 Å². The van der Waals surface area contributed by atoms with Crippen molar-refractivity contribution in [3.8, 4) is 11.5 Å². The number of fused-ring (bicyclic) bond motifs is 1. The van der Waals surface area contributed by atoms with Crippen LogP contribution in [0.4, 0.5) is 8.78 Å². The van der Waals surface area contributed by atoms with E-state index < -0.39 is 19.1 Å². The van der Waals surface area contributed by atoms with Gasteiger partial charge < -0.3 is 19.9 Å². The van der Waals surface area contributed by atoms with Gasteiger partial charge in [-0.15, -0.1) is 0 Å². The van der Waals surface area contributed by atoms with Crippen molar-refractivity contribution in [3.05, 3.63) is 23.8 Å². The quantitative estimate of drug-likeness (QED) is 0.871. The number of benzene rings is 1. The summed E-state index contributed by atoms with van der Waals surface area (Å²) in [7, 11) is 0. The predicted molar refractivity (Wildman–Crippen MR) is 70.5 cm³/mol. The molecular weight excluding hydrogens is 268 g/mol. The first kappa shape index (κ1) is 15.0. The molecule has 1 heterocycles. The molecule has 1 atom stereocenters. The van der Waals surface area contributed by atoms with Gasteiger partial charge >= 0.3 is 0 Å². The molecule has 0 saturated heterocycles. The molecule has 112 valence electrons. The van der Waals surface area contributed by atoms with E-state index in [0.29, 0.717) is 24.7 Å². The first-order valence-electron chi connectivity index (χ1n) is 6.63. The van der Waals surface area contributed by atoms with Crippen LogP contribution < -0.4 is 14.8 Å². The summed E-state index contributed by atoms with van der Waals surface area (Å²) in [5.41, 5.74) is 0.836. The highest BCUT2D eigenvalue weighted by atomic mass is 19.3. The molecule has 0 aromatic heterocycles. The summed E-state index contributed by atoms with van der Waals surface area (Å²) in [6.45, 7) is 1.25. The molecule has 0 amide bonds. The summed E-state index contributed by atoms with van der Waals surface area (Å²) in [6, 6.07) is 5.14. The standard InChI is InChI=1S/C14H19F2NO3/c1-10(17-8-14(15,16)9-18)11-3-4-12-13(7-11)20-6-2-5-19-12/h3-4,7,10,17-18H,2,5-6,8-9H2,1H3. The molecule has 1 aromatic rings. The number of alkyl halides is 2. The number of aliphatic hydroxyl groups is 1. The van der Waals surface area contributed by atoms with Gasteiger partial charge in [0.1, 0.15) is 6.61 Å². The Morgan fingerprint density at radius 3 is 2.70 bits per heavy atom. The molecule has 0 saturated carbocycles. The molecule has 1 aromatic carbocycles. The molecule has 0 bridgehead atoms. The second-order valence-corrected chi connectivity index (χ2v) is 4.87. The van der Waals surface area contributed by atoms with Crippen LogP contribution >= 0.6 is 0 Å². The highest BCUT2D eigenvalue weighted by molar-refractivity contribution is 5.44. The highest BCUT2D eigenvalue weighted by Gasteiger charge is 2.28. The SMILES string of the molecule is CC(NCC(F)(F)CO)c1ccc2c(c1)OCCCO2. The number of hydrogen-bond donors (Lipinski definition) is 2. The van der Waals surface area contributed by atoms with Crippen LogP contribution in [-0.2, 0) is 0 Å². The van der Waals surface area contributed by atoms with Crippen molar-refractivity contribution in [1.29, 1.82) is 0 Å². The lowest BCUT2D eigenvalue weighted by molar-refractivity contribution is -0.0490. The van der Waals surface area contributed by atoms with E-state index >= 15 is 0 Å². The minimum atomic E-state index is -3.11. The molecule has 4 nitrogen and oxygen atoms in total. The van der Waals surface area contributed by atoms with Crippen molar-refractivity contribution in [2.45, 2.75) is 25.3 Å². The molecular formula is C14H19F2NO3. The van der Waals surface area contributed by atoms with Crippen LogP contribution in [0.15, 0.2) is 18.2 Å². The highest BCUT2D eigenvalue weighted by Crippen LogP contribution is 2.32. The summed E-state index contributed by atoms with van der Waals surface area (Å²) in [6.07, 6.45) is 0.820. The fraction of sp³-hybridized carbons (Fsp3) is 0.571. The number of aliphatic hydroxyl groups excluding tert-OH is 1. The van der Waals surface area contributed by atoms with Gasteiger partial charge in [-0.25, -0.2) is 8.78 Å². The third-order valence-corrected chi connectivity index (χ3v) is 3.17. The van der Waals surface area contributed by atoms with Gasteiger partial charge in [-0.05, 0) is 24.6 Å². The van der Waals surface area contributed by atoms with E-state index in [2.05, 4.69) is 5.32 Å². The van der Waals surface area contributed by atoms with E-state index in [0.717, 1.165) is 12.0 Å². The van der Waals surface area contributed by atoms with Crippen LogP contribution in [0.3, 0.4) is 0 Å². The maximum absolute atomic E-state index is 13.0. The van der Waals surface area contributed by atoms with Crippen LogP contribution in [-0.4, -0.2) is 37.4 Å². The lowest BCUT2D eigenvalue weighted by Gasteiger charge is -2.20. The van der Waals surface area contributed by atoms with Crippen molar-refractivity contribution in [3.63, 3.8) is 0 Å².